The van der Waals surface area contributed by atoms with Crippen molar-refractivity contribution in [2.45, 2.75) is 6.42 Å². The summed E-state index contributed by atoms with van der Waals surface area (Å²) in [6.07, 6.45) is 0.0734. The van der Waals surface area contributed by atoms with Crippen LogP contribution in [0.4, 0.5) is 11.4 Å². The van der Waals surface area contributed by atoms with Crippen molar-refractivity contribution < 1.29 is 9.72 Å². The van der Waals surface area contributed by atoms with Crippen LogP contribution in [0, 0.1) is 10.1 Å². The summed E-state index contributed by atoms with van der Waals surface area (Å²) < 4.78 is 0. The number of anilines is 1. The monoisotopic (exact) mass is 367 g/mol. The third-order valence-electron chi connectivity index (χ3n) is 3.26. The molecule has 2 rings (SSSR count). The normalized spacial score (nSPS) is 10.2. The number of carbonyl (C=O) groups excluding carboxylic acids is 1. The highest BCUT2D eigenvalue weighted by Crippen LogP contribution is 2.24. The molecular weight excluding hydrogens is 353 g/mol. The van der Waals surface area contributed by atoms with Crippen molar-refractivity contribution in [3.05, 3.63) is 68.2 Å². The smallest absolute Gasteiger partial charge is 0.292 e. The Morgan fingerprint density at radius 3 is 2.38 bits per heavy atom. The van der Waals surface area contributed by atoms with E-state index in [4.69, 9.17) is 23.2 Å². The first-order valence-corrected chi connectivity index (χ1v) is 7.91. The van der Waals surface area contributed by atoms with Gasteiger partial charge >= 0.3 is 0 Å². The highest BCUT2D eigenvalue weighted by molar-refractivity contribution is 6.36. The molecule has 6 nitrogen and oxygen atoms in total. The van der Waals surface area contributed by atoms with Crippen molar-refractivity contribution in [3.63, 3.8) is 0 Å². The van der Waals surface area contributed by atoms with Crippen LogP contribution in [0.5, 0.6) is 0 Å². The molecule has 0 aliphatic carbocycles. The summed E-state index contributed by atoms with van der Waals surface area (Å²) in [5.74, 6) is -0.227. The van der Waals surface area contributed by atoms with Gasteiger partial charge in [-0.05, 0) is 23.8 Å². The van der Waals surface area contributed by atoms with Gasteiger partial charge in [0.1, 0.15) is 5.69 Å². The molecule has 0 spiro atoms. The van der Waals surface area contributed by atoms with Crippen LogP contribution in [0.15, 0.2) is 42.5 Å². The Hall–Kier alpha value is -2.31. The zero-order valence-corrected chi connectivity index (χ0v) is 14.1. The lowest BCUT2D eigenvalue weighted by molar-refractivity contribution is -0.384. The van der Waals surface area contributed by atoms with Crippen molar-refractivity contribution >= 4 is 40.5 Å². The van der Waals surface area contributed by atoms with Crippen molar-refractivity contribution in [3.8, 4) is 0 Å². The molecule has 0 bridgehead atoms. The van der Waals surface area contributed by atoms with Gasteiger partial charge in [0.05, 0.1) is 11.3 Å². The van der Waals surface area contributed by atoms with Crippen LogP contribution in [0.1, 0.15) is 5.56 Å². The van der Waals surface area contributed by atoms with Crippen molar-refractivity contribution in [2.75, 3.05) is 18.4 Å². The van der Waals surface area contributed by atoms with Crippen LogP contribution in [0.3, 0.4) is 0 Å². The molecule has 0 aliphatic heterocycles. The second-order valence-corrected chi connectivity index (χ2v) is 5.74. The van der Waals surface area contributed by atoms with E-state index < -0.39 is 4.92 Å². The number of nitro benzene ring substituents is 1. The fraction of sp³-hybridized carbons (Fsp3) is 0.188. The maximum absolute atomic E-state index is 11.9. The first-order valence-electron chi connectivity index (χ1n) is 7.16. The third kappa shape index (κ3) is 4.84. The van der Waals surface area contributed by atoms with E-state index in [9.17, 15) is 14.9 Å². The molecule has 0 aliphatic rings. The van der Waals surface area contributed by atoms with Gasteiger partial charge in [0.15, 0.2) is 0 Å². The number of nitro groups is 1. The first kappa shape index (κ1) is 18.0. The van der Waals surface area contributed by atoms with Crippen molar-refractivity contribution in [1.29, 1.82) is 0 Å². The lowest BCUT2D eigenvalue weighted by Crippen LogP contribution is -2.30. The maximum atomic E-state index is 11.9. The molecule has 0 heterocycles. The Labute approximate surface area is 148 Å². The summed E-state index contributed by atoms with van der Waals surface area (Å²) in [5, 5.41) is 17.4. The van der Waals surface area contributed by atoms with E-state index in [2.05, 4.69) is 10.6 Å². The van der Waals surface area contributed by atoms with Gasteiger partial charge in [-0.2, -0.15) is 0 Å². The number of halogens is 2. The molecule has 2 N–H and O–H groups in total. The number of nitrogens with one attached hydrogen (secondary N) is 2. The van der Waals surface area contributed by atoms with E-state index in [-0.39, 0.29) is 18.0 Å². The minimum atomic E-state index is -0.458. The number of benzene rings is 2. The zero-order valence-electron chi connectivity index (χ0n) is 12.6. The van der Waals surface area contributed by atoms with Crippen LogP contribution in [0.25, 0.3) is 0 Å². The lowest BCUT2D eigenvalue weighted by atomic mass is 10.1. The molecule has 0 radical (unpaired) electrons. The quantitative estimate of drug-likeness (QED) is 0.444. The summed E-state index contributed by atoms with van der Waals surface area (Å²) in [7, 11) is 0. The molecule has 1 amide bonds. The predicted octanol–water partition coefficient (Wildman–Crippen LogP) is 3.67. The molecular formula is C16H15Cl2N3O3. The molecule has 2 aromatic rings. The average Bonchev–Trinajstić information content (AvgIpc) is 2.55. The Morgan fingerprint density at radius 2 is 1.71 bits per heavy atom. The van der Waals surface area contributed by atoms with Crippen molar-refractivity contribution in [2.24, 2.45) is 0 Å². The molecule has 0 saturated heterocycles. The van der Waals surface area contributed by atoms with Crippen LogP contribution in [0.2, 0.25) is 10.0 Å². The lowest BCUT2D eigenvalue weighted by Gasteiger charge is -2.10. The van der Waals surface area contributed by atoms with Gasteiger partial charge in [0.2, 0.25) is 5.91 Å². The molecule has 126 valence electrons. The predicted molar refractivity (Wildman–Crippen MR) is 94.8 cm³/mol. The Bertz CT molecular complexity index is 733. The molecule has 0 unspecified atom stereocenters. The Balaban J connectivity index is 1.83. The third-order valence-corrected chi connectivity index (χ3v) is 3.97. The van der Waals surface area contributed by atoms with E-state index in [0.29, 0.717) is 34.4 Å². The number of amides is 1. The largest absolute Gasteiger partial charge is 0.378 e. The molecule has 24 heavy (non-hydrogen) atoms. The topological polar surface area (TPSA) is 84.3 Å². The van der Waals surface area contributed by atoms with Crippen molar-refractivity contribution in [1.82, 2.24) is 5.32 Å². The molecule has 0 atom stereocenters. The summed E-state index contributed by atoms with van der Waals surface area (Å²) in [4.78, 5) is 22.4. The fourth-order valence-electron chi connectivity index (χ4n) is 2.11. The summed E-state index contributed by atoms with van der Waals surface area (Å²) in [5.41, 5.74) is 0.975. The second-order valence-electron chi connectivity index (χ2n) is 4.93. The summed E-state index contributed by atoms with van der Waals surface area (Å²) >= 11 is 12.0. The SMILES string of the molecule is O=C(Cc1c(Cl)cccc1Cl)NCCNc1ccccc1[N+](=O)[O-]. The number of para-hydroxylation sites is 2. The van der Waals surface area contributed by atoms with E-state index in [1.165, 1.54) is 6.07 Å². The Kier molecular flexibility index (Phi) is 6.40. The number of hydrogen-bond acceptors (Lipinski definition) is 4. The highest BCUT2D eigenvalue weighted by Gasteiger charge is 2.12. The summed E-state index contributed by atoms with van der Waals surface area (Å²) in [6, 6.07) is 11.4. The average molecular weight is 368 g/mol. The molecule has 0 aromatic heterocycles. The van der Waals surface area contributed by atoms with Gasteiger partial charge in [-0.1, -0.05) is 41.4 Å². The van der Waals surface area contributed by atoms with Gasteiger partial charge in [-0.15, -0.1) is 0 Å². The Morgan fingerprint density at radius 1 is 1.04 bits per heavy atom. The van der Waals surface area contributed by atoms with E-state index in [1.54, 1.807) is 36.4 Å². The highest BCUT2D eigenvalue weighted by atomic mass is 35.5. The number of rotatable bonds is 7. The van der Waals surface area contributed by atoms with Gasteiger partial charge in [0, 0.05) is 29.2 Å². The standard InChI is InChI=1S/C16H15Cl2N3O3/c17-12-4-3-5-13(18)11(12)10-16(22)20-9-8-19-14-6-1-2-7-15(14)21(23)24/h1-7,19H,8-10H2,(H,20,22). The van der Waals surface area contributed by atoms with Gasteiger partial charge in [-0.3, -0.25) is 14.9 Å². The molecule has 2 aromatic carbocycles. The fourth-order valence-corrected chi connectivity index (χ4v) is 2.64. The van der Waals surface area contributed by atoms with E-state index in [1.807, 2.05) is 0 Å². The zero-order chi connectivity index (χ0) is 17.5. The summed E-state index contributed by atoms with van der Waals surface area (Å²) in [6.45, 7) is 0.666. The molecule has 0 saturated carbocycles. The maximum Gasteiger partial charge on any atom is 0.292 e. The van der Waals surface area contributed by atoms with Crippen LogP contribution < -0.4 is 10.6 Å². The van der Waals surface area contributed by atoms with Crippen LogP contribution in [-0.4, -0.2) is 23.9 Å². The minimum absolute atomic E-state index is 0.00771. The second kappa shape index (κ2) is 8.52. The first-order chi connectivity index (χ1) is 11.5. The molecule has 0 fully saturated rings. The number of carbonyl (C=O) groups is 1. The van der Waals surface area contributed by atoms with Gasteiger partial charge in [-0.25, -0.2) is 0 Å². The van der Waals surface area contributed by atoms with Gasteiger partial charge in [0.25, 0.3) is 5.69 Å². The van der Waals surface area contributed by atoms with Crippen LogP contribution >= 0.6 is 23.2 Å². The molecule has 8 heteroatoms. The van der Waals surface area contributed by atoms with E-state index in [0.717, 1.165) is 0 Å². The minimum Gasteiger partial charge on any atom is -0.378 e. The number of hydrogen-bond donors (Lipinski definition) is 2. The van der Waals surface area contributed by atoms with Crippen LogP contribution in [-0.2, 0) is 11.2 Å². The van der Waals surface area contributed by atoms with E-state index >= 15 is 0 Å². The van der Waals surface area contributed by atoms with Gasteiger partial charge < -0.3 is 10.6 Å². The number of nitrogens with zero attached hydrogens (tertiary/aromatic N) is 1.